The minimum Gasteiger partial charge on any atom is -0.361 e. The van der Waals surface area contributed by atoms with Gasteiger partial charge in [-0.3, -0.25) is 4.79 Å². The monoisotopic (exact) mass is 124 g/mol. The van der Waals surface area contributed by atoms with Crippen LogP contribution in [0.5, 0.6) is 0 Å². The van der Waals surface area contributed by atoms with Gasteiger partial charge in [-0.2, -0.15) is 4.79 Å². The third-order valence-corrected chi connectivity index (χ3v) is 1.51. The van der Waals surface area contributed by atoms with Crippen molar-refractivity contribution in [2.75, 3.05) is 0 Å². The zero-order chi connectivity index (χ0) is 6.69. The molecule has 1 aliphatic carbocycles. The number of hydrogen-bond acceptors (Lipinski definition) is 1. The molecule has 48 valence electrons. The van der Waals surface area contributed by atoms with Gasteiger partial charge in [-0.05, 0) is 12.8 Å². The van der Waals surface area contributed by atoms with Crippen LogP contribution in [0.3, 0.4) is 0 Å². The van der Waals surface area contributed by atoms with Gasteiger partial charge in [-0.1, -0.05) is 0 Å². The Morgan fingerprint density at radius 1 is 1.33 bits per heavy atom. The summed E-state index contributed by atoms with van der Waals surface area (Å²) in [6.07, 6.45) is 3.12. The van der Waals surface area contributed by atoms with Crippen molar-refractivity contribution in [3.05, 3.63) is 5.53 Å². The maximum Gasteiger partial charge on any atom is 0.334 e. The Morgan fingerprint density at radius 2 is 2.00 bits per heavy atom. The second-order valence-corrected chi connectivity index (χ2v) is 2.18. The van der Waals surface area contributed by atoms with E-state index < -0.39 is 0 Å². The van der Waals surface area contributed by atoms with Crippen molar-refractivity contribution in [2.24, 2.45) is 0 Å². The van der Waals surface area contributed by atoms with Gasteiger partial charge in [0.05, 0.1) is 6.42 Å². The van der Waals surface area contributed by atoms with Crippen molar-refractivity contribution >= 4 is 11.5 Å². The van der Waals surface area contributed by atoms with Gasteiger partial charge in [0.1, 0.15) is 0 Å². The second kappa shape index (κ2) is 2.55. The first kappa shape index (κ1) is 6.17. The van der Waals surface area contributed by atoms with Crippen molar-refractivity contribution < 1.29 is 9.58 Å². The third-order valence-electron chi connectivity index (χ3n) is 1.51. The molecule has 0 radical (unpaired) electrons. The highest BCUT2D eigenvalue weighted by Gasteiger charge is 2.22. The number of nitrogens with zero attached hydrogens (tertiary/aromatic N) is 2. The molecule has 1 fully saturated rings. The smallest absolute Gasteiger partial charge is 0.334 e. The van der Waals surface area contributed by atoms with E-state index in [1.54, 1.807) is 0 Å². The zero-order valence-electron chi connectivity index (χ0n) is 5.13. The van der Waals surface area contributed by atoms with Gasteiger partial charge < -0.3 is 5.53 Å². The summed E-state index contributed by atoms with van der Waals surface area (Å²) in [5, 5.41) is 0. The highest BCUT2D eigenvalue weighted by atomic mass is 16.1. The van der Waals surface area contributed by atoms with E-state index in [1.807, 2.05) is 0 Å². The lowest BCUT2D eigenvalue weighted by Gasteiger charge is -2.01. The summed E-state index contributed by atoms with van der Waals surface area (Å²) in [4.78, 5) is 13.6. The molecule has 9 heavy (non-hydrogen) atoms. The number of carbonyl (C=O) groups excluding carboxylic acids is 1. The highest BCUT2D eigenvalue weighted by molar-refractivity contribution is 6.37. The Hall–Kier alpha value is -0.950. The molecule has 1 rings (SSSR count). The fourth-order valence-electron chi connectivity index (χ4n) is 0.967. The van der Waals surface area contributed by atoms with Gasteiger partial charge in [-0.25, -0.2) is 0 Å². The highest BCUT2D eigenvalue weighted by Crippen LogP contribution is 2.09. The molecule has 0 bridgehead atoms. The summed E-state index contributed by atoms with van der Waals surface area (Å²) in [6, 6.07) is 0. The van der Waals surface area contributed by atoms with Crippen LogP contribution in [-0.2, 0) is 4.79 Å². The van der Waals surface area contributed by atoms with E-state index in [0.29, 0.717) is 18.6 Å². The first-order chi connectivity index (χ1) is 4.34. The number of ketones is 1. The van der Waals surface area contributed by atoms with Crippen molar-refractivity contribution in [3.8, 4) is 0 Å². The van der Waals surface area contributed by atoms with E-state index in [0.717, 1.165) is 12.8 Å². The van der Waals surface area contributed by atoms with E-state index >= 15 is 0 Å². The molecule has 0 aromatic carbocycles. The topological polar surface area (TPSA) is 53.5 Å². The average Bonchev–Trinajstić information content (AvgIpc) is 1.89. The molecule has 0 aromatic rings. The van der Waals surface area contributed by atoms with E-state index in [4.69, 9.17) is 5.53 Å². The largest absolute Gasteiger partial charge is 0.361 e. The SMILES string of the molecule is [N-]=[N+]=C1CCCCC1=O. The van der Waals surface area contributed by atoms with E-state index in [9.17, 15) is 4.79 Å². The van der Waals surface area contributed by atoms with E-state index in [-0.39, 0.29) is 5.78 Å². The normalized spacial score (nSPS) is 19.6. The van der Waals surface area contributed by atoms with E-state index in [2.05, 4.69) is 4.79 Å². The Bertz CT molecular complexity index is 179. The van der Waals surface area contributed by atoms with Gasteiger partial charge in [-0.15, -0.1) is 0 Å². The molecule has 0 N–H and O–H groups in total. The Morgan fingerprint density at radius 3 is 2.44 bits per heavy atom. The van der Waals surface area contributed by atoms with Gasteiger partial charge in [0.2, 0.25) is 5.78 Å². The molecule has 3 nitrogen and oxygen atoms in total. The first-order valence-electron chi connectivity index (χ1n) is 3.08. The molecular weight excluding hydrogens is 116 g/mol. The first-order valence-corrected chi connectivity index (χ1v) is 3.08. The van der Waals surface area contributed by atoms with Gasteiger partial charge in [0.15, 0.2) is 0 Å². The lowest BCUT2D eigenvalue weighted by Crippen LogP contribution is -2.19. The lowest BCUT2D eigenvalue weighted by atomic mass is 9.97. The minimum atomic E-state index is 0.00347. The van der Waals surface area contributed by atoms with Crippen LogP contribution in [0.4, 0.5) is 0 Å². The third kappa shape index (κ3) is 1.24. The Kier molecular flexibility index (Phi) is 1.75. The van der Waals surface area contributed by atoms with Crippen LogP contribution < -0.4 is 0 Å². The Labute approximate surface area is 53.3 Å². The minimum absolute atomic E-state index is 0.00347. The van der Waals surface area contributed by atoms with Crippen molar-refractivity contribution in [3.63, 3.8) is 0 Å². The maximum atomic E-state index is 10.7. The molecule has 0 aromatic heterocycles. The molecule has 0 heterocycles. The van der Waals surface area contributed by atoms with Crippen molar-refractivity contribution in [2.45, 2.75) is 25.7 Å². The van der Waals surface area contributed by atoms with Crippen LogP contribution in [-0.4, -0.2) is 16.3 Å². The summed E-state index contributed by atoms with van der Waals surface area (Å²) in [7, 11) is 0. The van der Waals surface area contributed by atoms with Gasteiger partial charge >= 0.3 is 5.71 Å². The number of hydrogen-bond donors (Lipinski definition) is 0. The number of Topliss-reactive ketones (excluding diaryl/α,β-unsaturated/α-hetero) is 1. The van der Waals surface area contributed by atoms with Crippen molar-refractivity contribution in [1.29, 1.82) is 0 Å². The maximum absolute atomic E-state index is 10.7. The van der Waals surface area contributed by atoms with Gasteiger partial charge in [0.25, 0.3) is 0 Å². The molecule has 1 saturated carbocycles. The molecule has 3 heteroatoms. The summed E-state index contributed by atoms with van der Waals surface area (Å²) < 4.78 is 0. The summed E-state index contributed by atoms with van der Waals surface area (Å²) >= 11 is 0. The fraction of sp³-hybridized carbons (Fsp3) is 0.667. The van der Waals surface area contributed by atoms with Gasteiger partial charge in [0, 0.05) is 6.42 Å². The summed E-state index contributed by atoms with van der Waals surface area (Å²) in [6.45, 7) is 0. The van der Waals surface area contributed by atoms with Crippen LogP contribution in [0.2, 0.25) is 0 Å². The van der Waals surface area contributed by atoms with Crippen LogP contribution in [0.15, 0.2) is 0 Å². The second-order valence-electron chi connectivity index (χ2n) is 2.18. The quantitative estimate of drug-likeness (QED) is 0.348. The molecule has 0 saturated heterocycles. The summed E-state index contributed by atoms with van der Waals surface area (Å²) in [5.74, 6) is 0.00347. The van der Waals surface area contributed by atoms with Crippen LogP contribution >= 0.6 is 0 Å². The van der Waals surface area contributed by atoms with Crippen LogP contribution in [0, 0.1) is 0 Å². The molecule has 0 spiro atoms. The molecule has 0 atom stereocenters. The molecule has 0 aliphatic heterocycles. The standard InChI is InChI=1S/C6H8N2O/c7-8-5-3-1-2-4-6(5)9/h1-4H2. The average molecular weight is 124 g/mol. The fourth-order valence-corrected chi connectivity index (χ4v) is 0.967. The molecular formula is C6H8N2O. The van der Waals surface area contributed by atoms with E-state index in [1.165, 1.54) is 0 Å². The van der Waals surface area contributed by atoms with Crippen molar-refractivity contribution in [1.82, 2.24) is 0 Å². The predicted molar refractivity (Wildman–Crippen MR) is 32.1 cm³/mol. The zero-order valence-corrected chi connectivity index (χ0v) is 5.13. The van der Waals surface area contributed by atoms with Crippen LogP contribution in [0.1, 0.15) is 25.7 Å². The Balaban J connectivity index is 2.71. The predicted octanol–water partition coefficient (Wildman–Crippen LogP) is 0.800. The van der Waals surface area contributed by atoms with Crippen LogP contribution in [0.25, 0.3) is 5.53 Å². The molecule has 0 unspecified atom stereocenters. The number of carbonyl (C=O) groups is 1. The number of rotatable bonds is 0. The lowest BCUT2D eigenvalue weighted by molar-refractivity contribution is -0.118. The molecule has 0 amide bonds. The summed E-state index contributed by atoms with van der Waals surface area (Å²) in [5.41, 5.74) is 8.58. The molecule has 1 aliphatic rings.